The van der Waals surface area contributed by atoms with Crippen LogP contribution in [0.1, 0.15) is 64.7 Å². The van der Waals surface area contributed by atoms with E-state index in [1.54, 1.807) is 24.1 Å². The molecule has 2 aliphatic rings. The summed E-state index contributed by atoms with van der Waals surface area (Å²) in [5.41, 5.74) is 3.45. The molecule has 3 aromatic rings. The summed E-state index contributed by atoms with van der Waals surface area (Å²) in [5.74, 6) is 1.01. The Bertz CT molecular complexity index is 1280. The van der Waals surface area contributed by atoms with Gasteiger partial charge in [-0.1, -0.05) is 6.07 Å². The topological polar surface area (TPSA) is 86.0 Å². The monoisotopic (exact) mass is 507 g/mol. The quantitative estimate of drug-likeness (QED) is 0.443. The number of aromatic hydroxyl groups is 1. The summed E-state index contributed by atoms with van der Waals surface area (Å²) in [5, 5.41) is 15.6. The summed E-state index contributed by atoms with van der Waals surface area (Å²) >= 11 is 0. The highest BCUT2D eigenvalue weighted by molar-refractivity contribution is 5.91. The van der Waals surface area contributed by atoms with Crippen LogP contribution in [0.5, 0.6) is 11.5 Å². The molecule has 1 saturated carbocycles. The maximum Gasteiger partial charge on any atom is 0.410 e. The second kappa shape index (κ2) is 9.89. The average Bonchev–Trinajstić information content (AvgIpc) is 3.24. The minimum absolute atomic E-state index is 0.0106. The lowest BCUT2D eigenvalue weighted by molar-refractivity contribution is -0.0366. The van der Waals surface area contributed by atoms with Gasteiger partial charge in [0, 0.05) is 32.5 Å². The van der Waals surface area contributed by atoms with Gasteiger partial charge in [0.25, 0.3) is 0 Å². The van der Waals surface area contributed by atoms with Crippen LogP contribution < -0.4 is 4.74 Å². The summed E-state index contributed by atoms with van der Waals surface area (Å²) < 4.78 is 20.1. The molecule has 1 aliphatic heterocycles. The smallest absolute Gasteiger partial charge is 0.410 e. The number of aryl methyl sites for hydroxylation is 1. The van der Waals surface area contributed by atoms with E-state index in [0.29, 0.717) is 0 Å². The van der Waals surface area contributed by atoms with E-state index in [2.05, 4.69) is 12.1 Å². The number of fused-ring (bicyclic) bond motifs is 1. The molecule has 1 saturated heterocycles. The number of phenols is 1. The van der Waals surface area contributed by atoms with E-state index in [0.717, 1.165) is 72.1 Å². The molecule has 1 atom stereocenters. The molecular weight excluding hydrogens is 470 g/mol. The normalized spacial score (nSPS) is 21.9. The molecule has 198 valence electrons. The minimum Gasteiger partial charge on any atom is -0.508 e. The first-order chi connectivity index (χ1) is 17.6. The van der Waals surface area contributed by atoms with Crippen molar-refractivity contribution in [3.63, 3.8) is 0 Å². The number of hydrogen-bond donors (Lipinski definition) is 1. The predicted molar refractivity (Wildman–Crippen MR) is 142 cm³/mol. The molecule has 1 aromatic heterocycles. The lowest BCUT2D eigenvalue weighted by Gasteiger charge is -2.41. The van der Waals surface area contributed by atoms with E-state index in [9.17, 15) is 9.90 Å². The van der Waals surface area contributed by atoms with Gasteiger partial charge in [-0.05, 0) is 87.9 Å². The second-order valence-corrected chi connectivity index (χ2v) is 11.3. The van der Waals surface area contributed by atoms with Crippen molar-refractivity contribution in [2.45, 2.75) is 83.8 Å². The molecule has 0 spiro atoms. The summed E-state index contributed by atoms with van der Waals surface area (Å²) in [6, 6.07) is 9.67. The molecule has 2 aromatic carbocycles. The highest BCUT2D eigenvalue weighted by Gasteiger charge is 2.37. The number of hydrogen-bond acceptors (Lipinski definition) is 6. The number of nitrogens with zero attached hydrogens (tertiary/aromatic N) is 3. The number of rotatable bonds is 5. The van der Waals surface area contributed by atoms with E-state index in [4.69, 9.17) is 19.3 Å². The standard InChI is InChI=1S/C29H37N3O5/c1-18-12-21(33)9-10-23(18)19-13-25-24(17-30-32(25)27-8-6-7-11-35-27)26(14-19)36-22-15-20(16-22)31(5)28(34)37-29(2,3)4/h9-10,12-14,17,20,22,27,33H,6-8,11,15-16H2,1-5H3. The zero-order valence-corrected chi connectivity index (χ0v) is 22.4. The van der Waals surface area contributed by atoms with E-state index < -0.39 is 5.60 Å². The van der Waals surface area contributed by atoms with Gasteiger partial charge in [-0.3, -0.25) is 0 Å². The number of carbonyl (C=O) groups is 1. The maximum absolute atomic E-state index is 12.5. The van der Waals surface area contributed by atoms with Crippen molar-refractivity contribution in [2.24, 2.45) is 0 Å². The number of benzene rings is 2. The minimum atomic E-state index is -0.522. The summed E-state index contributed by atoms with van der Waals surface area (Å²) in [4.78, 5) is 14.1. The molecule has 1 aliphatic carbocycles. The fourth-order valence-corrected chi connectivity index (χ4v) is 5.10. The van der Waals surface area contributed by atoms with Gasteiger partial charge >= 0.3 is 6.09 Å². The van der Waals surface area contributed by atoms with Crippen molar-refractivity contribution in [1.82, 2.24) is 14.7 Å². The molecule has 8 heteroatoms. The van der Waals surface area contributed by atoms with E-state index >= 15 is 0 Å². The molecule has 0 bridgehead atoms. The average molecular weight is 508 g/mol. The largest absolute Gasteiger partial charge is 0.508 e. The second-order valence-electron chi connectivity index (χ2n) is 11.3. The first-order valence-electron chi connectivity index (χ1n) is 13.1. The summed E-state index contributed by atoms with van der Waals surface area (Å²) in [7, 11) is 1.79. The Balaban J connectivity index is 1.42. The SMILES string of the molecule is Cc1cc(O)ccc1-c1cc(OC2CC(N(C)C(=O)OC(C)(C)C)C2)c2cnn(C3CCCCO3)c2c1. The highest BCUT2D eigenvalue weighted by Crippen LogP contribution is 2.39. The van der Waals surface area contributed by atoms with Gasteiger partial charge in [-0.2, -0.15) is 5.10 Å². The van der Waals surface area contributed by atoms with Crippen molar-refractivity contribution in [3.05, 3.63) is 42.1 Å². The Morgan fingerprint density at radius 2 is 1.97 bits per heavy atom. The van der Waals surface area contributed by atoms with Crippen LogP contribution in [0.2, 0.25) is 0 Å². The molecule has 37 heavy (non-hydrogen) atoms. The third kappa shape index (κ3) is 5.39. The fourth-order valence-electron chi connectivity index (χ4n) is 5.10. The number of carbonyl (C=O) groups excluding carboxylic acids is 1. The van der Waals surface area contributed by atoms with E-state index in [-0.39, 0.29) is 30.2 Å². The lowest BCUT2D eigenvalue weighted by Crippen LogP contribution is -2.51. The van der Waals surface area contributed by atoms with Gasteiger partial charge < -0.3 is 24.2 Å². The van der Waals surface area contributed by atoms with Crippen LogP contribution in [0.4, 0.5) is 4.79 Å². The van der Waals surface area contributed by atoms with Gasteiger partial charge in [0.15, 0.2) is 6.23 Å². The van der Waals surface area contributed by atoms with Crippen molar-refractivity contribution in [1.29, 1.82) is 0 Å². The number of phenolic OH excluding ortho intramolecular Hbond substituents is 1. The fraction of sp³-hybridized carbons (Fsp3) is 0.517. The molecule has 1 N–H and O–H groups in total. The number of aromatic nitrogens is 2. The van der Waals surface area contributed by atoms with Crippen LogP contribution in [0.15, 0.2) is 36.5 Å². The van der Waals surface area contributed by atoms with Crippen molar-refractivity contribution in [2.75, 3.05) is 13.7 Å². The van der Waals surface area contributed by atoms with Gasteiger partial charge in [0.1, 0.15) is 23.2 Å². The Morgan fingerprint density at radius 3 is 2.65 bits per heavy atom. The molecule has 2 fully saturated rings. The highest BCUT2D eigenvalue weighted by atomic mass is 16.6. The Morgan fingerprint density at radius 1 is 1.19 bits per heavy atom. The van der Waals surface area contributed by atoms with Crippen LogP contribution in [0, 0.1) is 6.92 Å². The molecule has 1 amide bonds. The lowest BCUT2D eigenvalue weighted by atomic mass is 9.88. The molecule has 5 rings (SSSR count). The van der Waals surface area contributed by atoms with Crippen molar-refractivity contribution in [3.8, 4) is 22.6 Å². The van der Waals surface area contributed by atoms with Crippen molar-refractivity contribution < 1.29 is 24.1 Å². The summed E-state index contributed by atoms with van der Waals surface area (Å²) in [6.07, 6.45) is 6.03. The van der Waals surface area contributed by atoms with E-state index in [1.165, 1.54) is 0 Å². The first-order valence-corrected chi connectivity index (χ1v) is 13.1. The maximum atomic E-state index is 12.5. The van der Waals surface area contributed by atoms with Crippen LogP contribution in [-0.2, 0) is 9.47 Å². The van der Waals surface area contributed by atoms with Gasteiger partial charge in [-0.15, -0.1) is 0 Å². The summed E-state index contributed by atoms with van der Waals surface area (Å²) in [6.45, 7) is 8.35. The Hall–Kier alpha value is -3.26. The van der Waals surface area contributed by atoms with Gasteiger partial charge in [0.05, 0.1) is 17.1 Å². The van der Waals surface area contributed by atoms with Gasteiger partial charge in [0.2, 0.25) is 0 Å². The zero-order chi connectivity index (χ0) is 26.3. The zero-order valence-electron chi connectivity index (χ0n) is 22.4. The van der Waals surface area contributed by atoms with Crippen LogP contribution in [0.25, 0.3) is 22.0 Å². The molecule has 1 unspecified atom stereocenters. The molecular formula is C29H37N3O5. The van der Waals surface area contributed by atoms with Crippen LogP contribution in [-0.4, -0.2) is 57.3 Å². The van der Waals surface area contributed by atoms with Crippen molar-refractivity contribution >= 4 is 17.0 Å². The van der Waals surface area contributed by atoms with E-state index in [1.807, 2.05) is 44.6 Å². The first kappa shape index (κ1) is 25.4. The predicted octanol–water partition coefficient (Wildman–Crippen LogP) is 6.19. The van der Waals surface area contributed by atoms with Crippen LogP contribution >= 0.6 is 0 Å². The Kier molecular flexibility index (Phi) is 6.79. The third-order valence-electron chi connectivity index (χ3n) is 7.22. The molecule has 8 nitrogen and oxygen atoms in total. The van der Waals surface area contributed by atoms with Gasteiger partial charge in [-0.25, -0.2) is 9.48 Å². The van der Waals surface area contributed by atoms with Crippen LogP contribution in [0.3, 0.4) is 0 Å². The third-order valence-corrected chi connectivity index (χ3v) is 7.22. The number of amides is 1. The Labute approximate surface area is 218 Å². The molecule has 0 radical (unpaired) electrons. The number of ether oxygens (including phenoxy) is 3. The molecule has 2 heterocycles.